The molecule has 0 saturated carbocycles. The van der Waals surface area contributed by atoms with Crippen LogP contribution in [0.1, 0.15) is 17.6 Å². The highest BCUT2D eigenvalue weighted by atomic mass is 32.2. The van der Waals surface area contributed by atoms with Crippen molar-refractivity contribution in [3.63, 3.8) is 0 Å². The number of ether oxygens (including phenoxy) is 1. The Bertz CT molecular complexity index is 905. The molecule has 1 fully saturated rings. The van der Waals surface area contributed by atoms with Crippen LogP contribution in [0.15, 0.2) is 39.6 Å². The molecule has 25 heavy (non-hydrogen) atoms. The molecule has 1 unspecified atom stereocenters. The molecule has 1 atom stereocenters. The fourth-order valence-electron chi connectivity index (χ4n) is 2.92. The normalized spacial score (nSPS) is 18.3. The highest BCUT2D eigenvalue weighted by Gasteiger charge is 2.32. The molecule has 2 heterocycles. The van der Waals surface area contributed by atoms with Crippen molar-refractivity contribution in [2.24, 2.45) is 0 Å². The van der Waals surface area contributed by atoms with Crippen molar-refractivity contribution < 1.29 is 22.5 Å². The van der Waals surface area contributed by atoms with E-state index in [0.717, 1.165) is 12.0 Å². The molecule has 8 nitrogen and oxygen atoms in total. The van der Waals surface area contributed by atoms with E-state index in [0.29, 0.717) is 25.5 Å². The van der Waals surface area contributed by atoms with E-state index in [1.807, 2.05) is 19.1 Å². The smallest absolute Gasteiger partial charge is 0.311 e. The summed E-state index contributed by atoms with van der Waals surface area (Å²) in [6.45, 7) is 2.93. The lowest BCUT2D eigenvalue weighted by Crippen LogP contribution is -2.38. The topological polar surface area (TPSA) is 103 Å². The SMILES string of the molecule is Cc1ccc(C2CN(c3cccc(S(C)(=O)=O)c3[N+](=O)[O-])CCO2)o1. The molecule has 0 radical (unpaired) electrons. The maximum atomic E-state index is 11.9. The largest absolute Gasteiger partial charge is 0.464 e. The number of benzene rings is 1. The Balaban J connectivity index is 2.00. The highest BCUT2D eigenvalue weighted by molar-refractivity contribution is 7.90. The van der Waals surface area contributed by atoms with Crippen molar-refractivity contribution in [3.8, 4) is 0 Å². The first-order valence-corrected chi connectivity index (χ1v) is 9.57. The summed E-state index contributed by atoms with van der Waals surface area (Å²) in [6.07, 6.45) is 0.594. The van der Waals surface area contributed by atoms with Gasteiger partial charge in [-0.05, 0) is 31.2 Å². The number of nitrogens with zero attached hydrogens (tertiary/aromatic N) is 2. The monoisotopic (exact) mass is 366 g/mol. The number of hydrogen-bond donors (Lipinski definition) is 0. The molecule has 0 bridgehead atoms. The summed E-state index contributed by atoms with van der Waals surface area (Å²) in [6, 6.07) is 7.96. The molecule has 3 rings (SSSR count). The quantitative estimate of drug-likeness (QED) is 0.605. The van der Waals surface area contributed by atoms with Crippen molar-refractivity contribution in [2.45, 2.75) is 17.9 Å². The van der Waals surface area contributed by atoms with Crippen molar-refractivity contribution in [1.82, 2.24) is 0 Å². The Labute approximate surface area is 145 Å². The van der Waals surface area contributed by atoms with Gasteiger partial charge in [0.15, 0.2) is 9.84 Å². The van der Waals surface area contributed by atoms with Gasteiger partial charge in [0, 0.05) is 12.8 Å². The molecule has 0 spiro atoms. The first kappa shape index (κ1) is 17.4. The van der Waals surface area contributed by atoms with Gasteiger partial charge in [-0.2, -0.15) is 0 Å². The number of morpholine rings is 1. The number of hydrogen-bond acceptors (Lipinski definition) is 7. The number of nitro groups is 1. The molecule has 1 saturated heterocycles. The average molecular weight is 366 g/mol. The van der Waals surface area contributed by atoms with Crippen LogP contribution >= 0.6 is 0 Å². The van der Waals surface area contributed by atoms with Crippen molar-refractivity contribution >= 4 is 21.2 Å². The van der Waals surface area contributed by atoms with Crippen LogP contribution in [0.5, 0.6) is 0 Å². The third-order valence-electron chi connectivity index (χ3n) is 4.05. The molecular formula is C16H18N2O6S. The molecule has 9 heteroatoms. The third kappa shape index (κ3) is 3.52. The number of rotatable bonds is 4. The number of nitro benzene ring substituents is 1. The summed E-state index contributed by atoms with van der Waals surface area (Å²) in [5.74, 6) is 1.39. The number of sulfone groups is 1. The minimum Gasteiger partial charge on any atom is -0.464 e. The van der Waals surface area contributed by atoms with Gasteiger partial charge in [0.05, 0.1) is 18.1 Å². The third-order valence-corrected chi connectivity index (χ3v) is 5.17. The molecule has 2 aromatic rings. The lowest BCUT2D eigenvalue weighted by Gasteiger charge is -2.33. The van der Waals surface area contributed by atoms with Gasteiger partial charge in [-0.25, -0.2) is 8.42 Å². The Kier molecular flexibility index (Phi) is 4.53. The van der Waals surface area contributed by atoms with Gasteiger partial charge in [0.25, 0.3) is 0 Å². The molecular weight excluding hydrogens is 348 g/mol. The minimum absolute atomic E-state index is 0.268. The number of furan rings is 1. The fraction of sp³-hybridized carbons (Fsp3) is 0.375. The summed E-state index contributed by atoms with van der Waals surface area (Å²) in [5.41, 5.74) is -0.134. The Morgan fingerprint density at radius 3 is 2.64 bits per heavy atom. The summed E-state index contributed by atoms with van der Waals surface area (Å²) < 4.78 is 35.1. The van der Waals surface area contributed by atoms with Crippen LogP contribution < -0.4 is 4.90 Å². The second-order valence-corrected chi connectivity index (χ2v) is 7.89. The van der Waals surface area contributed by atoms with E-state index in [1.165, 1.54) is 12.1 Å². The number of anilines is 1. The van der Waals surface area contributed by atoms with Gasteiger partial charge < -0.3 is 14.1 Å². The highest BCUT2D eigenvalue weighted by Crippen LogP contribution is 2.37. The molecule has 1 aliphatic heterocycles. The van der Waals surface area contributed by atoms with E-state index in [9.17, 15) is 18.5 Å². The Hall–Kier alpha value is -2.39. The van der Waals surface area contributed by atoms with Gasteiger partial charge >= 0.3 is 5.69 Å². The number of para-hydroxylation sites is 1. The summed E-state index contributed by atoms with van der Waals surface area (Å²) in [5, 5.41) is 11.6. The van der Waals surface area contributed by atoms with Crippen LogP contribution in [0.25, 0.3) is 0 Å². The Morgan fingerprint density at radius 2 is 2.04 bits per heavy atom. The van der Waals surface area contributed by atoms with Crippen molar-refractivity contribution in [1.29, 1.82) is 0 Å². The maximum absolute atomic E-state index is 11.9. The second kappa shape index (κ2) is 6.49. The van der Waals surface area contributed by atoms with Gasteiger partial charge in [0.2, 0.25) is 0 Å². The van der Waals surface area contributed by atoms with E-state index in [-0.39, 0.29) is 16.7 Å². The van der Waals surface area contributed by atoms with Crippen LogP contribution in [0.2, 0.25) is 0 Å². The fourth-order valence-corrected chi connectivity index (χ4v) is 3.77. The lowest BCUT2D eigenvalue weighted by molar-refractivity contribution is -0.387. The molecule has 1 aliphatic rings. The summed E-state index contributed by atoms with van der Waals surface area (Å²) in [4.78, 5) is 12.4. The average Bonchev–Trinajstić information content (AvgIpc) is 3.00. The zero-order chi connectivity index (χ0) is 18.2. The van der Waals surface area contributed by atoms with Crippen LogP contribution in [0, 0.1) is 17.0 Å². The maximum Gasteiger partial charge on any atom is 0.311 e. The van der Waals surface area contributed by atoms with Gasteiger partial charge in [-0.15, -0.1) is 0 Å². The first-order valence-electron chi connectivity index (χ1n) is 7.67. The van der Waals surface area contributed by atoms with E-state index < -0.39 is 20.4 Å². The molecule has 0 amide bonds. The van der Waals surface area contributed by atoms with Crippen LogP contribution in [0.4, 0.5) is 11.4 Å². The summed E-state index contributed by atoms with van der Waals surface area (Å²) >= 11 is 0. The van der Waals surface area contributed by atoms with Crippen LogP contribution in [-0.4, -0.2) is 39.3 Å². The molecule has 1 aromatic carbocycles. The second-order valence-electron chi connectivity index (χ2n) is 5.91. The lowest BCUT2D eigenvalue weighted by atomic mass is 10.1. The summed E-state index contributed by atoms with van der Waals surface area (Å²) in [7, 11) is -3.72. The molecule has 0 aliphatic carbocycles. The minimum atomic E-state index is -3.72. The van der Waals surface area contributed by atoms with Crippen LogP contribution in [0.3, 0.4) is 0 Å². The van der Waals surface area contributed by atoms with E-state index in [2.05, 4.69) is 0 Å². The first-order chi connectivity index (χ1) is 11.8. The Morgan fingerprint density at radius 1 is 1.28 bits per heavy atom. The number of aryl methyl sites for hydroxylation is 1. The van der Waals surface area contributed by atoms with Gasteiger partial charge in [-0.1, -0.05) is 6.07 Å². The molecule has 134 valence electrons. The van der Waals surface area contributed by atoms with Crippen molar-refractivity contribution in [2.75, 3.05) is 30.9 Å². The van der Waals surface area contributed by atoms with Crippen molar-refractivity contribution in [3.05, 3.63) is 52.0 Å². The van der Waals surface area contributed by atoms with Crippen LogP contribution in [-0.2, 0) is 14.6 Å². The van der Waals surface area contributed by atoms with Gasteiger partial charge in [0.1, 0.15) is 28.2 Å². The standard InChI is InChI=1S/C16H18N2O6S/c1-11-6-7-13(24-11)14-10-17(8-9-23-14)12-4-3-5-15(25(2,21)22)16(12)18(19)20/h3-7,14H,8-10H2,1-2H3. The van der Waals surface area contributed by atoms with E-state index in [4.69, 9.17) is 9.15 Å². The van der Waals surface area contributed by atoms with Gasteiger partial charge in [-0.3, -0.25) is 10.1 Å². The predicted octanol–water partition coefficient (Wildman–Crippen LogP) is 2.48. The predicted molar refractivity (Wildman–Crippen MR) is 90.6 cm³/mol. The van der Waals surface area contributed by atoms with E-state index >= 15 is 0 Å². The van der Waals surface area contributed by atoms with E-state index in [1.54, 1.807) is 11.0 Å². The molecule has 0 N–H and O–H groups in total. The zero-order valence-corrected chi connectivity index (χ0v) is 14.7. The zero-order valence-electron chi connectivity index (χ0n) is 13.8. The molecule has 1 aromatic heterocycles.